The van der Waals surface area contributed by atoms with Gasteiger partial charge >= 0.3 is 0 Å². The van der Waals surface area contributed by atoms with Gasteiger partial charge in [-0.15, -0.1) is 0 Å². The Morgan fingerprint density at radius 2 is 0.867 bits per heavy atom. The van der Waals surface area contributed by atoms with Crippen LogP contribution in [0.25, 0.3) is 22.3 Å². The maximum absolute atomic E-state index is 14.6. The van der Waals surface area contributed by atoms with Crippen LogP contribution >= 0.6 is 0 Å². The third kappa shape index (κ3) is 3.98. The normalized spacial score (nSPS) is 11.1. The van der Waals surface area contributed by atoms with Crippen molar-refractivity contribution in [3.05, 3.63) is 119 Å². The minimum atomic E-state index is -1.24. The predicted molar refractivity (Wildman–Crippen MR) is 108 cm³/mol. The van der Waals surface area contributed by atoms with Crippen LogP contribution in [0.3, 0.4) is 0 Å². The topological polar surface area (TPSA) is 20.2 Å². The molecule has 0 saturated heterocycles. The standard InChI is InChI=1S/C25H16F4O/c26-19-7-1-15(2-8-19)21-11-5-17(13-23(21)28)25(30)18-6-12-22(24(29)14-18)16-3-9-20(27)10-4-16/h1-14,25,30H. The molecule has 0 saturated carbocycles. The Balaban J connectivity index is 1.62. The van der Waals surface area contributed by atoms with Crippen LogP contribution in [0.2, 0.25) is 0 Å². The van der Waals surface area contributed by atoms with Crippen molar-refractivity contribution < 1.29 is 22.7 Å². The van der Waals surface area contributed by atoms with Crippen molar-refractivity contribution in [2.24, 2.45) is 0 Å². The van der Waals surface area contributed by atoms with Crippen LogP contribution in [-0.4, -0.2) is 5.11 Å². The summed E-state index contributed by atoms with van der Waals surface area (Å²) in [7, 11) is 0. The van der Waals surface area contributed by atoms with Crippen LogP contribution in [0.15, 0.2) is 84.9 Å². The fourth-order valence-corrected chi connectivity index (χ4v) is 3.32. The summed E-state index contributed by atoms with van der Waals surface area (Å²) in [4.78, 5) is 0. The highest BCUT2D eigenvalue weighted by Crippen LogP contribution is 2.31. The molecule has 0 radical (unpaired) electrons. The number of benzene rings is 4. The molecule has 1 N–H and O–H groups in total. The molecule has 0 fully saturated rings. The number of hydrogen-bond acceptors (Lipinski definition) is 1. The van der Waals surface area contributed by atoms with Crippen LogP contribution in [0.4, 0.5) is 17.6 Å². The lowest BCUT2D eigenvalue weighted by molar-refractivity contribution is 0.219. The average Bonchev–Trinajstić information content (AvgIpc) is 2.74. The van der Waals surface area contributed by atoms with Crippen molar-refractivity contribution in [1.82, 2.24) is 0 Å². The van der Waals surface area contributed by atoms with Crippen LogP contribution in [0, 0.1) is 23.3 Å². The molecule has 0 bridgehead atoms. The highest BCUT2D eigenvalue weighted by atomic mass is 19.1. The van der Waals surface area contributed by atoms with Crippen LogP contribution < -0.4 is 0 Å². The fraction of sp³-hybridized carbons (Fsp3) is 0.0400. The Morgan fingerprint density at radius 3 is 1.20 bits per heavy atom. The summed E-state index contributed by atoms with van der Waals surface area (Å²) in [6, 6.07) is 19.2. The van der Waals surface area contributed by atoms with Crippen molar-refractivity contribution in [1.29, 1.82) is 0 Å². The summed E-state index contributed by atoms with van der Waals surface area (Å²) < 4.78 is 55.3. The van der Waals surface area contributed by atoms with E-state index in [9.17, 15) is 22.7 Å². The quantitative estimate of drug-likeness (QED) is 0.375. The fourth-order valence-electron chi connectivity index (χ4n) is 3.32. The lowest BCUT2D eigenvalue weighted by atomic mass is 9.95. The van der Waals surface area contributed by atoms with E-state index in [1.807, 2.05) is 0 Å². The second kappa shape index (κ2) is 8.13. The lowest BCUT2D eigenvalue weighted by Gasteiger charge is -2.14. The third-order valence-electron chi connectivity index (χ3n) is 4.93. The molecular formula is C25H16F4O. The molecule has 150 valence electrons. The molecule has 0 unspecified atom stereocenters. The summed E-state index contributed by atoms with van der Waals surface area (Å²) in [6.07, 6.45) is -1.24. The number of aliphatic hydroxyl groups excluding tert-OH is 1. The van der Waals surface area contributed by atoms with Crippen molar-refractivity contribution in [2.75, 3.05) is 0 Å². The summed E-state index contributed by atoms with van der Waals surface area (Å²) >= 11 is 0. The number of rotatable bonds is 4. The van der Waals surface area contributed by atoms with Gasteiger partial charge in [-0.05, 0) is 58.7 Å². The number of halogens is 4. The molecule has 4 aromatic rings. The summed E-state index contributed by atoms with van der Waals surface area (Å²) in [5.41, 5.74) is 2.06. The van der Waals surface area contributed by atoms with Gasteiger partial charge in [0.15, 0.2) is 0 Å². The van der Waals surface area contributed by atoms with E-state index in [2.05, 4.69) is 0 Å². The Bertz CT molecular complexity index is 1090. The molecule has 0 aliphatic carbocycles. The molecule has 30 heavy (non-hydrogen) atoms. The first-order valence-electron chi connectivity index (χ1n) is 9.21. The lowest BCUT2D eigenvalue weighted by Crippen LogP contribution is -2.02. The van der Waals surface area contributed by atoms with Gasteiger partial charge < -0.3 is 5.11 Å². The molecule has 0 aromatic heterocycles. The highest BCUT2D eigenvalue weighted by molar-refractivity contribution is 5.66. The molecule has 0 heterocycles. The maximum atomic E-state index is 14.6. The number of aliphatic hydroxyl groups is 1. The van der Waals surface area contributed by atoms with Gasteiger partial charge in [0.25, 0.3) is 0 Å². The van der Waals surface area contributed by atoms with E-state index in [4.69, 9.17) is 0 Å². The van der Waals surface area contributed by atoms with Gasteiger partial charge in [-0.25, -0.2) is 17.6 Å². The van der Waals surface area contributed by atoms with E-state index < -0.39 is 29.4 Å². The van der Waals surface area contributed by atoms with Gasteiger partial charge in [-0.2, -0.15) is 0 Å². The highest BCUT2D eigenvalue weighted by Gasteiger charge is 2.16. The SMILES string of the molecule is OC(c1ccc(-c2ccc(F)cc2)c(F)c1)c1ccc(-c2ccc(F)cc2)c(F)c1. The first-order valence-corrected chi connectivity index (χ1v) is 9.21. The molecule has 1 nitrogen and oxygen atoms in total. The minimum absolute atomic E-state index is 0.257. The summed E-state index contributed by atoms with van der Waals surface area (Å²) in [6.45, 7) is 0. The number of hydrogen-bond donors (Lipinski definition) is 1. The Kier molecular flexibility index (Phi) is 5.38. The van der Waals surface area contributed by atoms with Gasteiger partial charge in [-0.3, -0.25) is 0 Å². The summed E-state index contributed by atoms with van der Waals surface area (Å²) in [5.74, 6) is -2.00. The average molecular weight is 408 g/mol. The summed E-state index contributed by atoms with van der Waals surface area (Å²) in [5, 5.41) is 10.6. The molecule has 0 amide bonds. The van der Waals surface area contributed by atoms with E-state index in [0.29, 0.717) is 11.1 Å². The first-order chi connectivity index (χ1) is 14.4. The van der Waals surface area contributed by atoms with E-state index >= 15 is 0 Å². The largest absolute Gasteiger partial charge is 0.384 e. The monoisotopic (exact) mass is 408 g/mol. The van der Waals surface area contributed by atoms with Crippen LogP contribution in [0.1, 0.15) is 17.2 Å². The molecule has 0 atom stereocenters. The van der Waals surface area contributed by atoms with Crippen LogP contribution in [0.5, 0.6) is 0 Å². The molecule has 0 aliphatic heterocycles. The van der Waals surface area contributed by atoms with Gasteiger partial charge in [0, 0.05) is 11.1 Å². The van der Waals surface area contributed by atoms with Crippen molar-refractivity contribution in [2.45, 2.75) is 6.10 Å². The Labute approximate surface area is 170 Å². The Morgan fingerprint density at radius 1 is 0.500 bits per heavy atom. The van der Waals surface area contributed by atoms with Crippen molar-refractivity contribution in [3.63, 3.8) is 0 Å². The first kappa shape index (κ1) is 19.9. The van der Waals surface area contributed by atoms with E-state index in [-0.39, 0.29) is 22.3 Å². The zero-order chi connectivity index (χ0) is 21.3. The van der Waals surface area contributed by atoms with Crippen molar-refractivity contribution in [3.8, 4) is 22.3 Å². The van der Waals surface area contributed by atoms with E-state index in [0.717, 1.165) is 0 Å². The smallest absolute Gasteiger partial charge is 0.131 e. The molecular weight excluding hydrogens is 392 g/mol. The van der Waals surface area contributed by atoms with Crippen LogP contribution in [-0.2, 0) is 0 Å². The zero-order valence-electron chi connectivity index (χ0n) is 15.6. The van der Waals surface area contributed by atoms with E-state index in [1.165, 1.54) is 84.9 Å². The van der Waals surface area contributed by atoms with E-state index in [1.54, 1.807) is 0 Å². The molecule has 4 rings (SSSR count). The second-order valence-electron chi connectivity index (χ2n) is 6.89. The molecule has 0 aliphatic rings. The van der Waals surface area contributed by atoms with Crippen molar-refractivity contribution >= 4 is 0 Å². The zero-order valence-corrected chi connectivity index (χ0v) is 15.6. The van der Waals surface area contributed by atoms with Gasteiger partial charge in [0.1, 0.15) is 29.4 Å². The predicted octanol–water partition coefficient (Wildman–Crippen LogP) is 6.66. The minimum Gasteiger partial charge on any atom is -0.384 e. The molecule has 0 spiro atoms. The maximum Gasteiger partial charge on any atom is 0.131 e. The van der Waals surface area contributed by atoms with Gasteiger partial charge in [0.2, 0.25) is 0 Å². The Hall–Kier alpha value is -3.44. The molecule has 4 aromatic carbocycles. The third-order valence-corrected chi connectivity index (χ3v) is 4.93. The molecule has 5 heteroatoms. The second-order valence-corrected chi connectivity index (χ2v) is 6.89. The van der Waals surface area contributed by atoms with Gasteiger partial charge in [-0.1, -0.05) is 48.5 Å². The van der Waals surface area contributed by atoms with Gasteiger partial charge in [0.05, 0.1) is 0 Å².